The summed E-state index contributed by atoms with van der Waals surface area (Å²) in [5.41, 5.74) is 7.96. The number of H-pyrrole nitrogens is 1. The first-order chi connectivity index (χ1) is 12.6. The van der Waals surface area contributed by atoms with E-state index in [-0.39, 0.29) is 6.04 Å². The predicted molar refractivity (Wildman–Crippen MR) is 105 cm³/mol. The first-order valence-corrected chi connectivity index (χ1v) is 9.16. The highest BCUT2D eigenvalue weighted by Crippen LogP contribution is 2.35. The number of hydrogen-bond donors (Lipinski definition) is 2. The van der Waals surface area contributed by atoms with E-state index in [1.807, 2.05) is 6.07 Å². The van der Waals surface area contributed by atoms with E-state index in [1.54, 1.807) is 14.2 Å². The van der Waals surface area contributed by atoms with Gasteiger partial charge in [-0.3, -0.25) is 0 Å². The highest BCUT2D eigenvalue weighted by atomic mass is 16.5. The highest BCUT2D eigenvalue weighted by Gasteiger charge is 2.25. The molecule has 0 bridgehead atoms. The lowest BCUT2D eigenvalue weighted by Gasteiger charge is -2.25. The van der Waals surface area contributed by atoms with Crippen molar-refractivity contribution >= 4 is 10.9 Å². The van der Waals surface area contributed by atoms with Gasteiger partial charge in [-0.1, -0.05) is 12.1 Å². The van der Waals surface area contributed by atoms with E-state index in [2.05, 4.69) is 48.4 Å². The molecule has 0 saturated heterocycles. The predicted octanol–water partition coefficient (Wildman–Crippen LogP) is 4.23. The minimum Gasteiger partial charge on any atom is -0.493 e. The normalized spacial score (nSPS) is 16.5. The summed E-state index contributed by atoms with van der Waals surface area (Å²) in [7, 11) is 3.35. The van der Waals surface area contributed by atoms with Gasteiger partial charge in [0.15, 0.2) is 11.5 Å². The van der Waals surface area contributed by atoms with Gasteiger partial charge in [-0.05, 0) is 73.7 Å². The molecular weight excluding hydrogens is 324 g/mol. The fourth-order valence-corrected chi connectivity index (χ4v) is 4.27. The monoisotopic (exact) mass is 350 g/mol. The van der Waals surface area contributed by atoms with Crippen molar-refractivity contribution in [3.8, 4) is 11.5 Å². The van der Waals surface area contributed by atoms with Gasteiger partial charge in [0, 0.05) is 16.6 Å². The Morgan fingerprint density at radius 3 is 2.62 bits per heavy atom. The van der Waals surface area contributed by atoms with E-state index in [0.717, 1.165) is 30.9 Å². The number of methoxy groups -OCH3 is 2. The number of aromatic nitrogens is 1. The van der Waals surface area contributed by atoms with E-state index >= 15 is 0 Å². The molecule has 0 fully saturated rings. The van der Waals surface area contributed by atoms with E-state index in [4.69, 9.17) is 9.47 Å². The van der Waals surface area contributed by atoms with E-state index in [1.165, 1.54) is 38.9 Å². The van der Waals surface area contributed by atoms with Gasteiger partial charge in [0.2, 0.25) is 0 Å². The van der Waals surface area contributed by atoms with Gasteiger partial charge in [0.25, 0.3) is 0 Å². The van der Waals surface area contributed by atoms with Crippen molar-refractivity contribution in [1.29, 1.82) is 0 Å². The second kappa shape index (κ2) is 6.69. The fraction of sp³-hybridized carbons (Fsp3) is 0.364. The molecule has 1 aromatic heterocycles. The van der Waals surface area contributed by atoms with Crippen LogP contribution in [0.3, 0.4) is 0 Å². The molecule has 1 aliphatic rings. The van der Waals surface area contributed by atoms with Gasteiger partial charge >= 0.3 is 0 Å². The van der Waals surface area contributed by atoms with Crippen molar-refractivity contribution in [2.45, 2.75) is 32.7 Å². The molecule has 2 N–H and O–H groups in total. The lowest BCUT2D eigenvalue weighted by Crippen LogP contribution is -2.31. The van der Waals surface area contributed by atoms with Crippen LogP contribution < -0.4 is 14.8 Å². The molecule has 0 saturated carbocycles. The molecule has 1 aliphatic heterocycles. The van der Waals surface area contributed by atoms with Crippen LogP contribution in [-0.4, -0.2) is 25.7 Å². The summed E-state index contributed by atoms with van der Waals surface area (Å²) in [6, 6.07) is 11.0. The van der Waals surface area contributed by atoms with E-state index in [9.17, 15) is 0 Å². The standard InChI is InChI=1S/C22H26N2O2/c1-13-9-14(2)21-16-7-8-23-18(22(16)24-17(21)10-13)11-15-5-6-19(25-3)20(12-15)26-4/h5-6,9-10,12,18,23-24H,7-8,11H2,1-4H3. The third-order valence-electron chi connectivity index (χ3n) is 5.38. The van der Waals surface area contributed by atoms with Crippen LogP contribution in [0.5, 0.6) is 11.5 Å². The Labute approximate surface area is 154 Å². The Bertz CT molecular complexity index is 958. The van der Waals surface area contributed by atoms with Crippen LogP contribution in [0.1, 0.15) is 34.0 Å². The summed E-state index contributed by atoms with van der Waals surface area (Å²) in [6.45, 7) is 5.38. The molecule has 0 radical (unpaired) electrons. The number of benzene rings is 2. The maximum atomic E-state index is 5.46. The third-order valence-corrected chi connectivity index (χ3v) is 5.38. The van der Waals surface area contributed by atoms with Crippen molar-refractivity contribution in [3.63, 3.8) is 0 Å². The summed E-state index contributed by atoms with van der Waals surface area (Å²) in [4.78, 5) is 3.70. The molecule has 1 unspecified atom stereocenters. The number of hydrogen-bond acceptors (Lipinski definition) is 3. The van der Waals surface area contributed by atoms with Gasteiger partial charge < -0.3 is 19.8 Å². The van der Waals surface area contributed by atoms with Crippen molar-refractivity contribution in [1.82, 2.24) is 10.3 Å². The number of rotatable bonds is 4. The Balaban J connectivity index is 1.71. The van der Waals surface area contributed by atoms with Crippen LogP contribution >= 0.6 is 0 Å². The Morgan fingerprint density at radius 1 is 1.04 bits per heavy atom. The summed E-state index contributed by atoms with van der Waals surface area (Å²) >= 11 is 0. The highest BCUT2D eigenvalue weighted by molar-refractivity contribution is 5.89. The first kappa shape index (κ1) is 17.0. The number of fused-ring (bicyclic) bond motifs is 3. The number of aryl methyl sites for hydroxylation is 2. The molecule has 3 aromatic rings. The fourth-order valence-electron chi connectivity index (χ4n) is 4.27. The number of ether oxygens (including phenoxy) is 2. The van der Waals surface area contributed by atoms with E-state index < -0.39 is 0 Å². The maximum Gasteiger partial charge on any atom is 0.160 e. The lowest BCUT2D eigenvalue weighted by atomic mass is 9.93. The van der Waals surface area contributed by atoms with Crippen molar-refractivity contribution in [3.05, 3.63) is 58.3 Å². The Morgan fingerprint density at radius 2 is 1.85 bits per heavy atom. The lowest BCUT2D eigenvalue weighted by molar-refractivity contribution is 0.354. The average molecular weight is 350 g/mol. The zero-order valence-electron chi connectivity index (χ0n) is 15.9. The largest absolute Gasteiger partial charge is 0.493 e. The van der Waals surface area contributed by atoms with Crippen molar-refractivity contribution in [2.24, 2.45) is 0 Å². The second-order valence-electron chi connectivity index (χ2n) is 7.17. The van der Waals surface area contributed by atoms with Gasteiger partial charge in [-0.25, -0.2) is 0 Å². The molecule has 26 heavy (non-hydrogen) atoms. The topological polar surface area (TPSA) is 46.3 Å². The molecule has 0 spiro atoms. The summed E-state index contributed by atoms with van der Waals surface area (Å²) in [5.74, 6) is 1.55. The minimum atomic E-state index is 0.281. The van der Waals surface area contributed by atoms with Crippen LogP contribution in [-0.2, 0) is 12.8 Å². The van der Waals surface area contributed by atoms with Crippen LogP contribution in [0.15, 0.2) is 30.3 Å². The Kier molecular flexibility index (Phi) is 4.37. The molecule has 136 valence electrons. The van der Waals surface area contributed by atoms with Crippen LogP contribution in [0.4, 0.5) is 0 Å². The average Bonchev–Trinajstić information content (AvgIpc) is 3.01. The number of aromatic amines is 1. The van der Waals surface area contributed by atoms with Crippen LogP contribution in [0.25, 0.3) is 10.9 Å². The molecular formula is C22H26N2O2. The smallest absolute Gasteiger partial charge is 0.160 e. The van der Waals surface area contributed by atoms with Gasteiger partial charge in [-0.2, -0.15) is 0 Å². The molecule has 2 heterocycles. The van der Waals surface area contributed by atoms with Gasteiger partial charge in [0.05, 0.1) is 20.3 Å². The molecule has 4 rings (SSSR count). The second-order valence-corrected chi connectivity index (χ2v) is 7.17. The maximum absolute atomic E-state index is 5.46. The zero-order valence-corrected chi connectivity index (χ0v) is 15.9. The molecule has 1 atom stereocenters. The molecule has 4 heteroatoms. The van der Waals surface area contributed by atoms with Crippen LogP contribution in [0.2, 0.25) is 0 Å². The van der Waals surface area contributed by atoms with E-state index in [0.29, 0.717) is 0 Å². The van der Waals surface area contributed by atoms with Crippen LogP contribution in [0, 0.1) is 13.8 Å². The summed E-state index contributed by atoms with van der Waals surface area (Å²) in [5, 5.41) is 5.09. The molecule has 2 aromatic carbocycles. The zero-order chi connectivity index (χ0) is 18.3. The van der Waals surface area contributed by atoms with Crippen molar-refractivity contribution < 1.29 is 9.47 Å². The quantitative estimate of drug-likeness (QED) is 0.740. The molecule has 4 nitrogen and oxygen atoms in total. The van der Waals surface area contributed by atoms with Crippen molar-refractivity contribution in [2.75, 3.05) is 20.8 Å². The molecule has 0 aliphatic carbocycles. The first-order valence-electron chi connectivity index (χ1n) is 9.16. The Hall–Kier alpha value is -2.46. The molecule has 0 amide bonds. The third kappa shape index (κ3) is 2.84. The summed E-state index contributed by atoms with van der Waals surface area (Å²) < 4.78 is 10.8. The minimum absolute atomic E-state index is 0.281. The SMILES string of the molecule is COc1ccc(CC2NCCc3c2[nH]c2cc(C)cc(C)c32)cc1OC. The summed E-state index contributed by atoms with van der Waals surface area (Å²) in [6.07, 6.45) is 1.99. The van der Waals surface area contributed by atoms with Gasteiger partial charge in [-0.15, -0.1) is 0 Å². The van der Waals surface area contributed by atoms with Gasteiger partial charge in [0.1, 0.15) is 0 Å². The number of nitrogens with one attached hydrogen (secondary N) is 2.